The van der Waals surface area contributed by atoms with Crippen LogP contribution in [-0.2, 0) is 6.42 Å². The quantitative estimate of drug-likeness (QED) is 0.471. The molecule has 0 aliphatic heterocycles. The predicted octanol–water partition coefficient (Wildman–Crippen LogP) is 3.75. The summed E-state index contributed by atoms with van der Waals surface area (Å²) >= 11 is 5.06. The number of hydrazine groups is 1. The monoisotopic (exact) mass is 354 g/mol. The number of hydrogen-bond donors (Lipinski definition) is 2. The molecule has 0 heterocycles. The molecule has 5 heteroatoms. The molecule has 1 unspecified atom stereocenters. The Morgan fingerprint density at radius 1 is 1.20 bits per heavy atom. The molecule has 2 rings (SSSR count). The maximum absolute atomic E-state index is 13.1. The Labute approximate surface area is 131 Å². The van der Waals surface area contributed by atoms with Gasteiger partial charge in [0.25, 0.3) is 0 Å². The zero-order chi connectivity index (χ0) is 14.4. The number of thioether (sulfide) groups is 1. The number of rotatable bonds is 6. The van der Waals surface area contributed by atoms with Crippen molar-refractivity contribution in [2.75, 3.05) is 5.75 Å². The number of halogens is 2. The molecule has 2 nitrogen and oxygen atoms in total. The molecule has 106 valence electrons. The Hall–Kier alpha value is -0.880. The average molecular weight is 355 g/mol. The first kappa shape index (κ1) is 15.5. The van der Waals surface area contributed by atoms with Gasteiger partial charge in [0.1, 0.15) is 5.82 Å². The zero-order valence-electron chi connectivity index (χ0n) is 10.9. The molecule has 0 saturated heterocycles. The number of nitrogens with two attached hydrogens (primary N) is 1. The minimum atomic E-state index is -0.209. The van der Waals surface area contributed by atoms with Crippen LogP contribution in [0.4, 0.5) is 4.39 Å². The second-order valence-corrected chi connectivity index (χ2v) is 6.48. The lowest BCUT2D eigenvalue weighted by Gasteiger charge is -2.15. The van der Waals surface area contributed by atoms with Crippen molar-refractivity contribution < 1.29 is 4.39 Å². The number of hydrogen-bond acceptors (Lipinski definition) is 3. The minimum Gasteiger partial charge on any atom is -0.271 e. The molecule has 1 atom stereocenters. The standard InChI is InChI=1S/C15H16BrFN2S/c16-12-4-1-3-11(7-12)8-14(19-18)10-20-15-6-2-5-13(17)9-15/h1-7,9,14,19H,8,10,18H2. The van der Waals surface area contributed by atoms with Crippen molar-refractivity contribution >= 4 is 27.7 Å². The van der Waals surface area contributed by atoms with E-state index in [1.165, 1.54) is 17.7 Å². The maximum atomic E-state index is 13.1. The molecule has 0 aliphatic carbocycles. The predicted molar refractivity (Wildman–Crippen MR) is 86.1 cm³/mol. The summed E-state index contributed by atoms with van der Waals surface area (Å²) in [6.45, 7) is 0. The van der Waals surface area contributed by atoms with Crippen LogP contribution < -0.4 is 11.3 Å². The summed E-state index contributed by atoms with van der Waals surface area (Å²) in [5.41, 5.74) is 4.04. The van der Waals surface area contributed by atoms with E-state index in [0.29, 0.717) is 0 Å². The third-order valence-electron chi connectivity index (χ3n) is 2.85. The van der Waals surface area contributed by atoms with Crippen LogP contribution in [-0.4, -0.2) is 11.8 Å². The van der Waals surface area contributed by atoms with E-state index in [4.69, 9.17) is 5.84 Å². The Kier molecular flexibility index (Phi) is 6.04. The highest BCUT2D eigenvalue weighted by Crippen LogP contribution is 2.21. The second kappa shape index (κ2) is 7.78. The molecular weight excluding hydrogens is 339 g/mol. The third kappa shape index (κ3) is 4.90. The van der Waals surface area contributed by atoms with E-state index in [-0.39, 0.29) is 11.9 Å². The Balaban J connectivity index is 1.92. The van der Waals surface area contributed by atoms with Gasteiger partial charge >= 0.3 is 0 Å². The van der Waals surface area contributed by atoms with E-state index in [9.17, 15) is 4.39 Å². The first-order chi connectivity index (χ1) is 9.67. The summed E-state index contributed by atoms with van der Waals surface area (Å²) in [5.74, 6) is 6.18. The van der Waals surface area contributed by atoms with Crippen molar-refractivity contribution in [3.63, 3.8) is 0 Å². The van der Waals surface area contributed by atoms with Crippen LogP contribution in [0.5, 0.6) is 0 Å². The van der Waals surface area contributed by atoms with Crippen LogP contribution in [0.1, 0.15) is 5.56 Å². The van der Waals surface area contributed by atoms with Crippen LogP contribution in [0.3, 0.4) is 0 Å². The maximum Gasteiger partial charge on any atom is 0.124 e. The fraction of sp³-hybridized carbons (Fsp3) is 0.200. The van der Waals surface area contributed by atoms with Crippen LogP contribution in [0.25, 0.3) is 0 Å². The topological polar surface area (TPSA) is 38.0 Å². The van der Waals surface area contributed by atoms with E-state index in [1.54, 1.807) is 17.8 Å². The highest BCUT2D eigenvalue weighted by molar-refractivity contribution is 9.10. The summed E-state index contributed by atoms with van der Waals surface area (Å²) in [5, 5.41) is 0. The average Bonchev–Trinajstić information content (AvgIpc) is 2.43. The molecule has 2 aromatic rings. The van der Waals surface area contributed by atoms with Crippen molar-refractivity contribution in [3.05, 3.63) is 64.4 Å². The van der Waals surface area contributed by atoms with Crippen molar-refractivity contribution in [3.8, 4) is 0 Å². The van der Waals surface area contributed by atoms with Gasteiger partial charge in [-0.15, -0.1) is 11.8 Å². The van der Waals surface area contributed by atoms with Gasteiger partial charge in [-0.3, -0.25) is 11.3 Å². The Bertz CT molecular complexity index is 565. The molecule has 0 spiro atoms. The molecule has 2 aromatic carbocycles. The SMILES string of the molecule is NNC(CSc1cccc(F)c1)Cc1cccc(Br)c1. The molecule has 0 bridgehead atoms. The zero-order valence-corrected chi connectivity index (χ0v) is 13.3. The number of nitrogens with one attached hydrogen (secondary N) is 1. The minimum absolute atomic E-state index is 0.137. The first-order valence-electron chi connectivity index (χ1n) is 6.26. The van der Waals surface area contributed by atoms with Gasteiger partial charge in [0.15, 0.2) is 0 Å². The summed E-state index contributed by atoms with van der Waals surface area (Å²) in [7, 11) is 0. The Morgan fingerprint density at radius 3 is 2.70 bits per heavy atom. The Morgan fingerprint density at radius 2 is 2.00 bits per heavy atom. The third-order valence-corrected chi connectivity index (χ3v) is 4.50. The van der Waals surface area contributed by atoms with Gasteiger partial charge in [0, 0.05) is 21.2 Å². The van der Waals surface area contributed by atoms with E-state index in [0.717, 1.165) is 21.5 Å². The molecule has 20 heavy (non-hydrogen) atoms. The highest BCUT2D eigenvalue weighted by atomic mass is 79.9. The van der Waals surface area contributed by atoms with Gasteiger partial charge in [-0.2, -0.15) is 0 Å². The molecule has 3 N–H and O–H groups in total. The molecule has 0 aromatic heterocycles. The van der Waals surface area contributed by atoms with Crippen molar-refractivity contribution in [2.45, 2.75) is 17.4 Å². The summed E-state index contributed by atoms with van der Waals surface area (Å²) < 4.78 is 14.2. The van der Waals surface area contributed by atoms with Crippen molar-refractivity contribution in [1.82, 2.24) is 5.43 Å². The largest absolute Gasteiger partial charge is 0.271 e. The van der Waals surface area contributed by atoms with E-state index >= 15 is 0 Å². The van der Waals surface area contributed by atoms with E-state index in [1.807, 2.05) is 18.2 Å². The number of benzene rings is 2. The van der Waals surface area contributed by atoms with Gasteiger partial charge in [0.2, 0.25) is 0 Å². The van der Waals surface area contributed by atoms with Gasteiger partial charge in [-0.25, -0.2) is 4.39 Å². The second-order valence-electron chi connectivity index (χ2n) is 4.47. The summed E-state index contributed by atoms with van der Waals surface area (Å²) in [6.07, 6.45) is 0.832. The van der Waals surface area contributed by atoms with Gasteiger partial charge in [0.05, 0.1) is 0 Å². The van der Waals surface area contributed by atoms with Crippen LogP contribution in [0.15, 0.2) is 57.9 Å². The van der Waals surface area contributed by atoms with E-state index < -0.39 is 0 Å². The van der Waals surface area contributed by atoms with Crippen LogP contribution >= 0.6 is 27.7 Å². The lowest BCUT2D eigenvalue weighted by Crippen LogP contribution is -2.38. The molecule has 0 saturated carbocycles. The van der Waals surface area contributed by atoms with Crippen LogP contribution in [0.2, 0.25) is 0 Å². The fourth-order valence-corrected chi connectivity index (χ4v) is 3.29. The first-order valence-corrected chi connectivity index (χ1v) is 8.04. The lowest BCUT2D eigenvalue weighted by molar-refractivity contribution is 0.575. The van der Waals surface area contributed by atoms with E-state index in [2.05, 4.69) is 33.5 Å². The summed E-state index contributed by atoms with van der Waals surface area (Å²) in [6, 6.07) is 14.9. The molecule has 0 amide bonds. The highest BCUT2D eigenvalue weighted by Gasteiger charge is 2.09. The smallest absolute Gasteiger partial charge is 0.124 e. The summed E-state index contributed by atoms with van der Waals surface area (Å²) in [4.78, 5) is 0.916. The molecule has 0 fully saturated rings. The van der Waals surface area contributed by atoms with Crippen molar-refractivity contribution in [1.29, 1.82) is 0 Å². The van der Waals surface area contributed by atoms with Crippen molar-refractivity contribution in [2.24, 2.45) is 5.84 Å². The molecule has 0 radical (unpaired) electrons. The van der Waals surface area contributed by atoms with Gasteiger partial charge < -0.3 is 0 Å². The van der Waals surface area contributed by atoms with Gasteiger partial charge in [-0.05, 0) is 42.3 Å². The molecule has 0 aliphatic rings. The lowest BCUT2D eigenvalue weighted by atomic mass is 10.1. The molecular formula is C15H16BrFN2S. The normalized spacial score (nSPS) is 12.3. The fourth-order valence-electron chi connectivity index (χ4n) is 1.87. The van der Waals surface area contributed by atoms with Crippen LogP contribution in [0, 0.1) is 5.82 Å². The van der Waals surface area contributed by atoms with Gasteiger partial charge in [-0.1, -0.05) is 34.1 Å².